The maximum atomic E-state index is 12.9. The number of nitrogens with one attached hydrogen (secondary N) is 2. The van der Waals surface area contributed by atoms with Crippen LogP contribution in [0.3, 0.4) is 0 Å². The molecule has 36 heavy (non-hydrogen) atoms. The first-order valence-corrected chi connectivity index (χ1v) is 12.0. The lowest BCUT2D eigenvalue weighted by atomic mass is 10.0. The first-order chi connectivity index (χ1) is 17.1. The molecule has 1 aromatic rings. The van der Waals surface area contributed by atoms with Crippen LogP contribution in [0.1, 0.15) is 66.3 Å². The average Bonchev–Trinajstić information content (AvgIpc) is 2.85. The Kier molecular flexibility index (Phi) is 14.5. The molecule has 0 spiro atoms. The largest absolute Gasteiger partial charge is 0.388 e. The van der Waals surface area contributed by atoms with Gasteiger partial charge in [-0.05, 0) is 50.5 Å². The molecule has 202 valence electrons. The summed E-state index contributed by atoms with van der Waals surface area (Å²) >= 11 is 0. The number of benzene rings is 1. The van der Waals surface area contributed by atoms with Crippen molar-refractivity contribution in [2.45, 2.75) is 65.3 Å². The van der Waals surface area contributed by atoms with E-state index in [2.05, 4.69) is 11.0 Å². The molecule has 0 saturated carbocycles. The Labute approximate surface area is 212 Å². The first-order valence-electron chi connectivity index (χ1n) is 12.0. The molecule has 0 aliphatic heterocycles. The summed E-state index contributed by atoms with van der Waals surface area (Å²) in [6.07, 6.45) is 0.285. The van der Waals surface area contributed by atoms with Crippen LogP contribution < -0.4 is 11.0 Å². The Morgan fingerprint density at radius 3 is 2.06 bits per heavy atom. The molecule has 3 amide bonds. The van der Waals surface area contributed by atoms with Gasteiger partial charge < -0.3 is 20.2 Å². The lowest BCUT2D eigenvalue weighted by Gasteiger charge is -2.23. The van der Waals surface area contributed by atoms with Crippen LogP contribution in [0.5, 0.6) is 0 Å². The molecule has 0 aliphatic rings. The van der Waals surface area contributed by atoms with Crippen molar-refractivity contribution in [3.63, 3.8) is 0 Å². The van der Waals surface area contributed by atoms with Gasteiger partial charge in [-0.3, -0.25) is 24.1 Å². The number of hydroxylamine groups is 2. The highest BCUT2D eigenvalue weighted by molar-refractivity contribution is 5.99. The van der Waals surface area contributed by atoms with E-state index in [0.717, 1.165) is 18.4 Å². The molecule has 0 aliphatic carbocycles. The molecule has 0 bridgehead atoms. The van der Waals surface area contributed by atoms with Gasteiger partial charge in [0.1, 0.15) is 31.5 Å². The molecule has 1 rings (SSSR count). The molecule has 0 heterocycles. The third kappa shape index (κ3) is 10.8. The molecule has 0 fully saturated rings. The number of amides is 3. The van der Waals surface area contributed by atoms with E-state index in [1.165, 1.54) is 6.07 Å². The van der Waals surface area contributed by atoms with Gasteiger partial charge in [0.25, 0.3) is 11.8 Å². The number of allylic oxidation sites excluding steroid dienone is 1. The van der Waals surface area contributed by atoms with Crippen molar-refractivity contribution < 1.29 is 39.4 Å². The summed E-state index contributed by atoms with van der Waals surface area (Å²) in [6, 6.07) is 4.78. The van der Waals surface area contributed by atoms with Crippen molar-refractivity contribution in [1.82, 2.24) is 15.9 Å². The summed E-state index contributed by atoms with van der Waals surface area (Å²) in [5.41, 5.74) is 5.56. The summed E-state index contributed by atoms with van der Waals surface area (Å²) in [5.74, 6) is -1.24. The van der Waals surface area contributed by atoms with Gasteiger partial charge in [-0.1, -0.05) is 26.0 Å². The maximum absolute atomic E-state index is 12.9. The molecule has 1 aromatic carbocycles. The van der Waals surface area contributed by atoms with Crippen LogP contribution in [-0.2, 0) is 14.5 Å². The van der Waals surface area contributed by atoms with Gasteiger partial charge in [0.15, 0.2) is 0 Å². The molecule has 1 unspecified atom stereocenters. The number of nitrogens with zero attached hydrogens (tertiary/aromatic N) is 1. The SMILES string of the molecule is C/C=C/CC(=O)NOCC(O)[C@@H](O)[C@@H](O)CONC(=O)c1cc(C)cc(C(=O)N(CCC)CCC)c1. The molecule has 11 nitrogen and oxygen atoms in total. The van der Waals surface area contributed by atoms with Gasteiger partial charge in [-0.15, -0.1) is 0 Å². The van der Waals surface area contributed by atoms with Crippen molar-refractivity contribution in [2.24, 2.45) is 0 Å². The Balaban J connectivity index is 2.60. The zero-order valence-corrected chi connectivity index (χ0v) is 21.4. The zero-order valence-electron chi connectivity index (χ0n) is 21.4. The summed E-state index contributed by atoms with van der Waals surface area (Å²) in [7, 11) is 0. The van der Waals surface area contributed by atoms with Crippen LogP contribution in [0, 0.1) is 6.92 Å². The minimum atomic E-state index is -1.67. The van der Waals surface area contributed by atoms with Gasteiger partial charge in [0.05, 0.1) is 0 Å². The second-order valence-corrected chi connectivity index (χ2v) is 8.36. The van der Waals surface area contributed by atoms with E-state index in [1.54, 1.807) is 43.0 Å². The van der Waals surface area contributed by atoms with Crippen molar-refractivity contribution in [2.75, 3.05) is 26.3 Å². The molecule has 0 radical (unpaired) electrons. The average molecular weight is 510 g/mol. The Bertz CT molecular complexity index is 871. The Morgan fingerprint density at radius 2 is 1.50 bits per heavy atom. The predicted octanol–water partition coefficient (Wildman–Crippen LogP) is 1.02. The van der Waals surface area contributed by atoms with Crippen molar-refractivity contribution in [3.8, 4) is 0 Å². The monoisotopic (exact) mass is 509 g/mol. The molecule has 11 heteroatoms. The number of aliphatic hydroxyl groups excluding tert-OH is 3. The number of carbonyl (C=O) groups is 3. The van der Waals surface area contributed by atoms with Crippen LogP contribution in [0.2, 0.25) is 0 Å². The highest BCUT2D eigenvalue weighted by Crippen LogP contribution is 2.13. The summed E-state index contributed by atoms with van der Waals surface area (Å²) in [5, 5.41) is 30.0. The maximum Gasteiger partial charge on any atom is 0.274 e. The van der Waals surface area contributed by atoms with Crippen molar-refractivity contribution >= 4 is 17.7 Å². The highest BCUT2D eigenvalue weighted by atomic mass is 16.7. The van der Waals surface area contributed by atoms with Crippen LogP contribution in [0.4, 0.5) is 0 Å². The lowest BCUT2D eigenvalue weighted by Crippen LogP contribution is -2.44. The Hall–Kier alpha value is -2.83. The van der Waals surface area contributed by atoms with E-state index in [4.69, 9.17) is 9.68 Å². The quantitative estimate of drug-likeness (QED) is 0.163. The van der Waals surface area contributed by atoms with E-state index < -0.39 is 43.3 Å². The normalized spacial score (nSPS) is 13.8. The number of hydrogen-bond donors (Lipinski definition) is 5. The first kappa shape index (κ1) is 31.2. The van der Waals surface area contributed by atoms with E-state index in [9.17, 15) is 29.7 Å². The number of carbonyl (C=O) groups excluding carboxylic acids is 3. The summed E-state index contributed by atoms with van der Waals surface area (Å²) < 4.78 is 0. The van der Waals surface area contributed by atoms with E-state index in [-0.39, 0.29) is 17.9 Å². The standard InChI is InChI=1S/C25H39N3O8/c1-5-8-9-22(31)26-35-15-20(29)23(32)21(30)16-36-27-24(33)18-12-17(4)13-19(14-18)25(34)28(10-6-2)11-7-3/h5,8,12-14,20-21,23,29-30,32H,6-7,9-11,15-16H2,1-4H3,(H,26,31)(H,27,33)/b8-5+/t20?,21-,23+/m0/s1. The van der Waals surface area contributed by atoms with Crippen LogP contribution in [-0.4, -0.2) is 82.6 Å². The topological polar surface area (TPSA) is 158 Å². The number of aryl methyl sites for hydroxylation is 1. The summed E-state index contributed by atoms with van der Waals surface area (Å²) in [4.78, 5) is 48.4. The zero-order chi connectivity index (χ0) is 27.1. The van der Waals surface area contributed by atoms with Gasteiger partial charge in [-0.2, -0.15) is 0 Å². The van der Waals surface area contributed by atoms with E-state index in [0.29, 0.717) is 18.7 Å². The molecule has 3 atom stereocenters. The fraction of sp³-hybridized carbons (Fsp3) is 0.560. The highest BCUT2D eigenvalue weighted by Gasteiger charge is 2.26. The molecule has 0 saturated heterocycles. The third-order valence-electron chi connectivity index (χ3n) is 5.05. The van der Waals surface area contributed by atoms with Gasteiger partial charge in [0.2, 0.25) is 5.91 Å². The van der Waals surface area contributed by atoms with Crippen LogP contribution in [0.15, 0.2) is 30.4 Å². The van der Waals surface area contributed by atoms with Crippen LogP contribution >= 0.6 is 0 Å². The van der Waals surface area contributed by atoms with E-state index >= 15 is 0 Å². The molecular weight excluding hydrogens is 470 g/mol. The minimum absolute atomic E-state index is 0.0949. The van der Waals surface area contributed by atoms with Crippen molar-refractivity contribution in [3.05, 3.63) is 47.0 Å². The molecule has 0 aromatic heterocycles. The predicted molar refractivity (Wildman–Crippen MR) is 133 cm³/mol. The minimum Gasteiger partial charge on any atom is -0.388 e. The number of hydrogen-bond acceptors (Lipinski definition) is 8. The van der Waals surface area contributed by atoms with Gasteiger partial charge in [0, 0.05) is 30.6 Å². The molecular formula is C25H39N3O8. The number of rotatable bonds is 16. The fourth-order valence-electron chi connectivity index (χ4n) is 3.25. The van der Waals surface area contributed by atoms with E-state index in [1.807, 2.05) is 13.8 Å². The summed E-state index contributed by atoms with van der Waals surface area (Å²) in [6.45, 7) is 7.74. The van der Waals surface area contributed by atoms with Gasteiger partial charge in [-0.25, -0.2) is 11.0 Å². The van der Waals surface area contributed by atoms with Gasteiger partial charge >= 0.3 is 0 Å². The molecule has 5 N–H and O–H groups in total. The smallest absolute Gasteiger partial charge is 0.274 e. The number of aliphatic hydroxyl groups is 3. The van der Waals surface area contributed by atoms with Crippen molar-refractivity contribution in [1.29, 1.82) is 0 Å². The Morgan fingerprint density at radius 1 is 0.944 bits per heavy atom. The third-order valence-corrected chi connectivity index (χ3v) is 5.05. The fourth-order valence-corrected chi connectivity index (χ4v) is 3.25. The lowest BCUT2D eigenvalue weighted by molar-refractivity contribution is -0.144. The van der Waals surface area contributed by atoms with Crippen LogP contribution in [0.25, 0.3) is 0 Å². The second-order valence-electron chi connectivity index (χ2n) is 8.36. The second kappa shape index (κ2) is 16.8.